The molecule has 0 aliphatic carbocycles. The fourth-order valence-electron chi connectivity index (χ4n) is 4.53. The number of amides is 1. The first kappa shape index (κ1) is 25.0. The number of pyridine rings is 1. The van der Waals surface area contributed by atoms with Gasteiger partial charge in [0.15, 0.2) is 6.10 Å². The van der Waals surface area contributed by atoms with Crippen molar-refractivity contribution >= 4 is 34.6 Å². The summed E-state index contributed by atoms with van der Waals surface area (Å²) in [7, 11) is 0. The summed E-state index contributed by atoms with van der Waals surface area (Å²) < 4.78 is 29.4. The van der Waals surface area contributed by atoms with Gasteiger partial charge in [-0.1, -0.05) is 22.8 Å². The van der Waals surface area contributed by atoms with Gasteiger partial charge in [-0.15, -0.1) is 11.3 Å². The summed E-state index contributed by atoms with van der Waals surface area (Å²) in [6.07, 6.45) is 2.11. The summed E-state index contributed by atoms with van der Waals surface area (Å²) in [6, 6.07) is 6.75. The fraction of sp³-hybridized carbons (Fsp3) is 0.320. The van der Waals surface area contributed by atoms with Crippen LogP contribution in [-0.4, -0.2) is 39.2 Å². The van der Waals surface area contributed by atoms with Crippen LogP contribution in [0.2, 0.25) is 5.02 Å². The highest BCUT2D eigenvalue weighted by atomic mass is 35.5. The van der Waals surface area contributed by atoms with Gasteiger partial charge in [0.05, 0.1) is 21.3 Å². The van der Waals surface area contributed by atoms with E-state index in [1.165, 1.54) is 41.8 Å². The van der Waals surface area contributed by atoms with Crippen LogP contribution >= 0.6 is 22.9 Å². The molecule has 1 unspecified atom stereocenters. The summed E-state index contributed by atoms with van der Waals surface area (Å²) in [6.45, 7) is 0.804. The predicted molar refractivity (Wildman–Crippen MR) is 132 cm³/mol. The van der Waals surface area contributed by atoms with E-state index < -0.39 is 23.3 Å². The number of hydrogen-bond acceptors (Lipinski definition) is 7. The number of thiazole rings is 1. The lowest BCUT2D eigenvalue weighted by Gasteiger charge is -2.31. The quantitative estimate of drug-likeness (QED) is 0.475. The van der Waals surface area contributed by atoms with Gasteiger partial charge in [0.25, 0.3) is 5.56 Å². The van der Waals surface area contributed by atoms with Gasteiger partial charge in [-0.05, 0) is 31.0 Å². The standard InChI is InChI=1S/C25H20ClF2N5O3S/c26-16-8-15(10-29)25(35)33(11-16)12-22(34)32-6-4-14(5-7-32)24-30-20(13-37-24)19-9-21(36-31-19)23-17(27)2-1-3-18(23)28/h1-3,8,11,13-14,21H,4-7,9,12H2. The van der Waals surface area contributed by atoms with E-state index >= 15 is 0 Å². The van der Waals surface area contributed by atoms with E-state index in [1.807, 2.05) is 5.38 Å². The number of rotatable bonds is 5. The van der Waals surface area contributed by atoms with Crippen LogP contribution in [0, 0.1) is 23.0 Å². The summed E-state index contributed by atoms with van der Waals surface area (Å²) >= 11 is 7.44. The molecule has 1 amide bonds. The van der Waals surface area contributed by atoms with Crippen LogP contribution in [0.25, 0.3) is 0 Å². The van der Waals surface area contributed by atoms with Gasteiger partial charge in [-0.3, -0.25) is 9.59 Å². The lowest BCUT2D eigenvalue weighted by Crippen LogP contribution is -2.41. The van der Waals surface area contributed by atoms with Crippen LogP contribution in [0.5, 0.6) is 0 Å². The third-order valence-electron chi connectivity index (χ3n) is 6.48. The summed E-state index contributed by atoms with van der Waals surface area (Å²) in [5, 5.41) is 16.1. The van der Waals surface area contributed by atoms with Gasteiger partial charge in [-0.2, -0.15) is 5.26 Å². The number of carbonyl (C=O) groups is 1. The van der Waals surface area contributed by atoms with Crippen LogP contribution in [0.1, 0.15) is 53.1 Å². The zero-order valence-corrected chi connectivity index (χ0v) is 20.9. The molecule has 12 heteroatoms. The van der Waals surface area contributed by atoms with Gasteiger partial charge in [0.1, 0.15) is 35.5 Å². The number of nitrogens with zero attached hydrogens (tertiary/aromatic N) is 5. The molecule has 1 fully saturated rings. The minimum Gasteiger partial charge on any atom is -0.387 e. The first-order valence-electron chi connectivity index (χ1n) is 11.5. The second kappa shape index (κ2) is 10.4. The maximum atomic E-state index is 14.1. The van der Waals surface area contributed by atoms with Crippen molar-refractivity contribution in [1.82, 2.24) is 14.5 Å². The minimum atomic E-state index is -0.841. The molecule has 1 saturated heterocycles. The minimum absolute atomic E-state index is 0.110. The first-order chi connectivity index (χ1) is 17.8. The SMILES string of the molecule is N#Cc1cc(Cl)cn(CC(=O)N2CCC(c3nc(C4=NOC(c5c(F)cccc5F)C4)cs3)CC2)c1=O. The highest BCUT2D eigenvalue weighted by Crippen LogP contribution is 2.35. The molecule has 1 aromatic carbocycles. The summed E-state index contributed by atoms with van der Waals surface area (Å²) in [5.74, 6) is -1.43. The molecule has 2 aromatic heterocycles. The average Bonchev–Trinajstić information content (AvgIpc) is 3.56. The first-order valence-corrected chi connectivity index (χ1v) is 12.8. The predicted octanol–water partition coefficient (Wildman–Crippen LogP) is 4.38. The zero-order valence-electron chi connectivity index (χ0n) is 19.4. The molecule has 4 heterocycles. The van der Waals surface area contributed by atoms with Crippen molar-refractivity contribution in [3.63, 3.8) is 0 Å². The van der Waals surface area contributed by atoms with Gasteiger partial charge in [-0.25, -0.2) is 13.8 Å². The molecule has 0 spiro atoms. The average molecular weight is 544 g/mol. The van der Waals surface area contributed by atoms with E-state index in [1.54, 1.807) is 11.0 Å². The highest BCUT2D eigenvalue weighted by Gasteiger charge is 2.31. The molecule has 190 valence electrons. The Hall–Kier alpha value is -3.62. The Morgan fingerprint density at radius 3 is 2.70 bits per heavy atom. The van der Waals surface area contributed by atoms with Crippen molar-refractivity contribution in [2.45, 2.75) is 37.8 Å². The van der Waals surface area contributed by atoms with Gasteiger partial charge in [0.2, 0.25) is 5.91 Å². The molecule has 5 rings (SSSR count). The van der Waals surface area contributed by atoms with Crippen LogP contribution in [0.15, 0.2) is 45.8 Å². The molecule has 2 aliphatic heterocycles. The van der Waals surface area contributed by atoms with Crippen molar-refractivity contribution in [1.29, 1.82) is 5.26 Å². The number of halogens is 3. The van der Waals surface area contributed by atoms with Gasteiger partial charge < -0.3 is 14.3 Å². The molecule has 1 atom stereocenters. The van der Waals surface area contributed by atoms with E-state index in [4.69, 9.17) is 26.7 Å². The number of piperidine rings is 1. The van der Waals surface area contributed by atoms with Crippen molar-refractivity contribution in [3.05, 3.63) is 84.7 Å². The molecule has 3 aromatic rings. The van der Waals surface area contributed by atoms with Crippen LogP contribution in [0.4, 0.5) is 8.78 Å². The third kappa shape index (κ3) is 5.12. The molecule has 0 bridgehead atoms. The number of carbonyl (C=O) groups excluding carboxylic acids is 1. The Morgan fingerprint density at radius 2 is 2.00 bits per heavy atom. The topological polar surface area (TPSA) is 101 Å². The highest BCUT2D eigenvalue weighted by molar-refractivity contribution is 7.10. The van der Waals surface area contributed by atoms with E-state index in [0.717, 1.165) is 9.57 Å². The fourth-order valence-corrected chi connectivity index (χ4v) is 5.75. The second-order valence-corrected chi connectivity index (χ2v) is 10.1. The summed E-state index contributed by atoms with van der Waals surface area (Å²) in [4.78, 5) is 36.8. The van der Waals surface area contributed by atoms with E-state index in [0.29, 0.717) is 37.3 Å². The molecule has 0 saturated carbocycles. The molecule has 0 N–H and O–H groups in total. The van der Waals surface area contributed by atoms with Crippen LogP contribution < -0.4 is 5.56 Å². The Morgan fingerprint density at radius 1 is 1.27 bits per heavy atom. The molecular weight excluding hydrogens is 524 g/mol. The van der Waals surface area contributed by atoms with Crippen molar-refractivity contribution in [2.24, 2.45) is 5.16 Å². The molecular formula is C25H20ClF2N5O3S. The number of likely N-dealkylation sites (tertiary alicyclic amines) is 1. The Kier molecular flexibility index (Phi) is 7.04. The largest absolute Gasteiger partial charge is 0.387 e. The van der Waals surface area contributed by atoms with Crippen molar-refractivity contribution < 1.29 is 18.4 Å². The normalized spacial score (nSPS) is 17.8. The van der Waals surface area contributed by atoms with E-state index in [-0.39, 0.29) is 40.9 Å². The van der Waals surface area contributed by atoms with E-state index in [2.05, 4.69) is 5.16 Å². The lowest BCUT2D eigenvalue weighted by atomic mass is 9.97. The monoisotopic (exact) mass is 543 g/mol. The maximum Gasteiger partial charge on any atom is 0.269 e. The van der Waals surface area contributed by atoms with Gasteiger partial charge in [0, 0.05) is 37.0 Å². The second-order valence-electron chi connectivity index (χ2n) is 8.81. The Balaban J connectivity index is 1.19. The number of aromatic nitrogens is 2. The number of oxime groups is 1. The van der Waals surface area contributed by atoms with Crippen molar-refractivity contribution in [2.75, 3.05) is 13.1 Å². The van der Waals surface area contributed by atoms with Crippen LogP contribution in [0.3, 0.4) is 0 Å². The number of benzene rings is 1. The lowest BCUT2D eigenvalue weighted by molar-refractivity contribution is -0.132. The molecule has 2 aliphatic rings. The Labute approximate surface area is 219 Å². The van der Waals surface area contributed by atoms with Crippen molar-refractivity contribution in [3.8, 4) is 6.07 Å². The van der Waals surface area contributed by atoms with Crippen LogP contribution in [-0.2, 0) is 16.2 Å². The smallest absolute Gasteiger partial charge is 0.269 e. The van der Waals surface area contributed by atoms with Gasteiger partial charge >= 0.3 is 0 Å². The molecule has 8 nitrogen and oxygen atoms in total. The maximum absolute atomic E-state index is 14.1. The number of hydrogen-bond donors (Lipinski definition) is 0. The number of nitriles is 1. The molecule has 37 heavy (non-hydrogen) atoms. The Bertz CT molecular complexity index is 1470. The molecule has 0 radical (unpaired) electrons. The third-order valence-corrected chi connectivity index (χ3v) is 7.70. The summed E-state index contributed by atoms with van der Waals surface area (Å²) in [5.41, 5.74) is 0.348. The van der Waals surface area contributed by atoms with E-state index in [9.17, 15) is 18.4 Å². The zero-order chi connectivity index (χ0) is 26.1.